The summed E-state index contributed by atoms with van der Waals surface area (Å²) in [6, 6.07) is 17.6. The maximum absolute atomic E-state index is 13.6. The van der Waals surface area contributed by atoms with Gasteiger partial charge in [0.1, 0.15) is 0 Å². The Bertz CT molecular complexity index is 1220. The molecule has 10 heteroatoms. The molecule has 0 bridgehead atoms. The van der Waals surface area contributed by atoms with Crippen LogP contribution in [0.25, 0.3) is 0 Å². The largest absolute Gasteiger partial charge is 0.454 e. The predicted molar refractivity (Wildman–Crippen MR) is 133 cm³/mol. The van der Waals surface area contributed by atoms with Gasteiger partial charge in [0.2, 0.25) is 22.7 Å². The van der Waals surface area contributed by atoms with E-state index in [1.807, 2.05) is 35.7 Å². The van der Waals surface area contributed by atoms with E-state index in [0.29, 0.717) is 37.6 Å². The lowest BCUT2D eigenvalue weighted by Gasteiger charge is -2.27. The number of nitrogens with zero attached hydrogens (tertiary/aromatic N) is 2. The Morgan fingerprint density at radius 2 is 1.83 bits per heavy atom. The molecule has 0 N–H and O–H groups in total. The summed E-state index contributed by atoms with van der Waals surface area (Å²) in [5.41, 5.74) is 0.871. The summed E-state index contributed by atoms with van der Waals surface area (Å²) in [5.74, 6) is 1.02. The van der Waals surface area contributed by atoms with Crippen LogP contribution in [0.1, 0.15) is 16.9 Å². The molecule has 1 amide bonds. The van der Waals surface area contributed by atoms with Gasteiger partial charge in [-0.25, -0.2) is 8.42 Å². The summed E-state index contributed by atoms with van der Waals surface area (Å²) in [4.78, 5) is 16.4. The van der Waals surface area contributed by atoms with Crippen molar-refractivity contribution >= 4 is 27.3 Å². The van der Waals surface area contributed by atoms with Gasteiger partial charge in [0.05, 0.1) is 18.0 Å². The Hall–Kier alpha value is -2.92. The van der Waals surface area contributed by atoms with Crippen molar-refractivity contribution in [1.82, 2.24) is 9.21 Å². The van der Waals surface area contributed by atoms with E-state index in [0.717, 1.165) is 10.4 Å². The number of carbonyl (C=O) groups excluding carboxylic acids is 1. The lowest BCUT2D eigenvalue weighted by Crippen LogP contribution is -2.43. The summed E-state index contributed by atoms with van der Waals surface area (Å²) in [5, 5.41) is 1.95. The van der Waals surface area contributed by atoms with E-state index in [1.165, 1.54) is 4.31 Å². The minimum absolute atomic E-state index is 0.158. The zero-order valence-corrected chi connectivity index (χ0v) is 21.1. The van der Waals surface area contributed by atoms with Gasteiger partial charge in [0.25, 0.3) is 0 Å². The number of rotatable bonds is 12. The first-order valence-electron chi connectivity index (χ1n) is 11.2. The highest BCUT2D eigenvalue weighted by atomic mass is 32.2. The van der Waals surface area contributed by atoms with Gasteiger partial charge in [-0.3, -0.25) is 4.79 Å². The van der Waals surface area contributed by atoms with Gasteiger partial charge in [-0.15, -0.1) is 11.3 Å². The van der Waals surface area contributed by atoms with Crippen molar-refractivity contribution in [1.29, 1.82) is 0 Å². The zero-order valence-electron chi connectivity index (χ0n) is 19.5. The van der Waals surface area contributed by atoms with Crippen LogP contribution in [-0.4, -0.2) is 57.1 Å². The van der Waals surface area contributed by atoms with Crippen LogP contribution in [-0.2, 0) is 32.6 Å². The van der Waals surface area contributed by atoms with Crippen LogP contribution in [0.5, 0.6) is 11.5 Å². The van der Waals surface area contributed by atoms with Crippen LogP contribution < -0.4 is 9.47 Å². The van der Waals surface area contributed by atoms with E-state index >= 15 is 0 Å². The lowest BCUT2D eigenvalue weighted by atomic mass is 10.2. The fourth-order valence-corrected chi connectivity index (χ4v) is 5.91. The molecule has 0 saturated heterocycles. The third-order valence-electron chi connectivity index (χ3n) is 5.54. The van der Waals surface area contributed by atoms with E-state index in [9.17, 15) is 13.2 Å². The van der Waals surface area contributed by atoms with Crippen molar-refractivity contribution in [3.05, 3.63) is 76.5 Å². The minimum Gasteiger partial charge on any atom is -0.454 e. The molecule has 1 aliphatic heterocycles. The van der Waals surface area contributed by atoms with Gasteiger partial charge in [-0.2, -0.15) is 4.31 Å². The van der Waals surface area contributed by atoms with E-state index in [1.54, 1.807) is 53.7 Å². The maximum Gasteiger partial charge on any atom is 0.243 e. The fraction of sp³-hybridized carbons (Fsp3) is 0.320. The van der Waals surface area contributed by atoms with Crippen molar-refractivity contribution in [3.8, 4) is 11.5 Å². The van der Waals surface area contributed by atoms with Crippen molar-refractivity contribution in [2.45, 2.75) is 24.4 Å². The summed E-state index contributed by atoms with van der Waals surface area (Å²) in [6.07, 6.45) is 0.475. The Morgan fingerprint density at radius 1 is 1.03 bits per heavy atom. The molecule has 0 spiro atoms. The fourth-order valence-electron chi connectivity index (χ4n) is 3.74. The normalized spacial score (nSPS) is 12.7. The third kappa shape index (κ3) is 6.40. The summed E-state index contributed by atoms with van der Waals surface area (Å²) >= 11 is 1.55. The van der Waals surface area contributed by atoms with E-state index < -0.39 is 10.0 Å². The van der Waals surface area contributed by atoms with Crippen LogP contribution in [0.15, 0.2) is 70.9 Å². The molecule has 0 unspecified atom stereocenters. The molecule has 0 aliphatic carbocycles. The summed E-state index contributed by atoms with van der Waals surface area (Å²) in [6.45, 7) is 1.16. The Morgan fingerprint density at radius 3 is 2.57 bits per heavy atom. The summed E-state index contributed by atoms with van der Waals surface area (Å²) in [7, 11) is -2.29. The van der Waals surface area contributed by atoms with Gasteiger partial charge < -0.3 is 19.1 Å². The molecule has 0 saturated carbocycles. The number of hydrogen-bond acceptors (Lipinski definition) is 7. The monoisotopic (exact) mass is 516 g/mol. The molecular weight excluding hydrogens is 488 g/mol. The second-order valence-corrected chi connectivity index (χ2v) is 11.0. The number of amides is 1. The summed E-state index contributed by atoms with van der Waals surface area (Å²) < 4.78 is 44.0. The highest BCUT2D eigenvalue weighted by molar-refractivity contribution is 7.89. The molecule has 0 fully saturated rings. The Balaban J connectivity index is 1.56. The van der Waals surface area contributed by atoms with Gasteiger partial charge >= 0.3 is 0 Å². The molecule has 2 aromatic carbocycles. The van der Waals surface area contributed by atoms with Crippen LogP contribution >= 0.6 is 11.3 Å². The van der Waals surface area contributed by atoms with Crippen LogP contribution in [0.3, 0.4) is 0 Å². The number of hydrogen-bond donors (Lipinski definition) is 0. The average molecular weight is 517 g/mol. The van der Waals surface area contributed by atoms with Crippen LogP contribution in [0.2, 0.25) is 0 Å². The quantitative estimate of drug-likeness (QED) is 0.341. The number of methoxy groups -OCH3 is 1. The predicted octanol–water partition coefficient (Wildman–Crippen LogP) is 3.73. The molecule has 2 heterocycles. The number of carbonyl (C=O) groups is 1. The number of sulfonamides is 1. The van der Waals surface area contributed by atoms with Gasteiger partial charge in [-0.05, 0) is 47.7 Å². The molecule has 186 valence electrons. The lowest BCUT2D eigenvalue weighted by molar-refractivity contribution is -0.132. The first-order chi connectivity index (χ1) is 17.0. The Kier molecular flexibility index (Phi) is 8.40. The molecule has 1 aromatic heterocycles. The minimum atomic E-state index is -3.86. The van der Waals surface area contributed by atoms with Crippen molar-refractivity contribution in [3.63, 3.8) is 0 Å². The molecule has 0 atom stereocenters. The average Bonchev–Trinajstić information content (AvgIpc) is 3.55. The number of fused-ring (bicyclic) bond motifs is 1. The van der Waals surface area contributed by atoms with Crippen molar-refractivity contribution in [2.75, 3.05) is 33.6 Å². The van der Waals surface area contributed by atoms with E-state index in [2.05, 4.69) is 0 Å². The number of ether oxygens (including phenoxy) is 3. The second kappa shape index (κ2) is 11.7. The molecule has 1 aliphatic rings. The smallest absolute Gasteiger partial charge is 0.243 e. The molecule has 8 nitrogen and oxygen atoms in total. The van der Waals surface area contributed by atoms with Crippen molar-refractivity contribution in [2.24, 2.45) is 0 Å². The highest BCUT2D eigenvalue weighted by Gasteiger charge is 2.28. The van der Waals surface area contributed by atoms with Gasteiger partial charge in [0.15, 0.2) is 11.5 Å². The number of benzene rings is 2. The topological polar surface area (TPSA) is 85.4 Å². The van der Waals surface area contributed by atoms with E-state index in [4.69, 9.17) is 14.2 Å². The molecule has 4 rings (SSSR count). The molecule has 3 aromatic rings. The van der Waals surface area contributed by atoms with Crippen LogP contribution in [0.4, 0.5) is 0 Å². The SMILES string of the molecule is COCCCN(CC(=O)N(Cc1ccc2c(c1)OCO2)Cc1cccs1)S(=O)(=O)c1ccccc1. The van der Waals surface area contributed by atoms with Gasteiger partial charge in [-0.1, -0.05) is 30.3 Å². The molecule has 35 heavy (non-hydrogen) atoms. The molecular formula is C25H28N2O6S2. The maximum atomic E-state index is 13.6. The standard InChI is InChI=1S/C25H28N2O6S2/c1-31-13-6-12-27(35(29,30)22-8-3-2-4-9-22)18-25(28)26(17-21-7-5-14-34-21)16-20-10-11-23-24(15-20)33-19-32-23/h2-5,7-11,14-15H,6,12-13,16-19H2,1H3. The first-order valence-corrected chi connectivity index (χ1v) is 13.5. The first kappa shape index (κ1) is 25.2. The number of thiophene rings is 1. The van der Waals surface area contributed by atoms with E-state index in [-0.39, 0.29) is 30.7 Å². The third-order valence-corrected chi connectivity index (χ3v) is 8.26. The zero-order chi connectivity index (χ0) is 24.7. The second-order valence-electron chi connectivity index (χ2n) is 8.01. The van der Waals surface area contributed by atoms with Crippen molar-refractivity contribution < 1.29 is 27.4 Å². The van der Waals surface area contributed by atoms with Crippen LogP contribution in [0, 0.1) is 0 Å². The highest BCUT2D eigenvalue weighted by Crippen LogP contribution is 2.33. The molecule has 0 radical (unpaired) electrons. The van der Waals surface area contributed by atoms with Gasteiger partial charge in [0, 0.05) is 31.7 Å². The Labute approximate surface area is 209 Å².